The van der Waals surface area contributed by atoms with Crippen molar-refractivity contribution in [3.63, 3.8) is 0 Å². The van der Waals surface area contributed by atoms with Crippen LogP contribution in [0.25, 0.3) is 0 Å². The molecule has 4 rings (SSSR count). The Morgan fingerprint density at radius 3 is 2.35 bits per heavy atom. The number of imide groups is 1. The predicted molar refractivity (Wildman–Crippen MR) is 218 cm³/mol. The fraction of sp³-hybridized carbons (Fsp3) is 0.575. The van der Waals surface area contributed by atoms with Crippen LogP contribution in [0.15, 0.2) is 41.3 Å². The molecule has 0 spiro atoms. The zero-order chi connectivity index (χ0) is 46.4. The van der Waals surface area contributed by atoms with Gasteiger partial charge in [-0.05, 0) is 61.8 Å². The highest BCUT2D eigenvalue weighted by Gasteiger charge is 2.60. The van der Waals surface area contributed by atoms with Gasteiger partial charge in [0.1, 0.15) is 37.2 Å². The molecule has 2 fully saturated rings. The van der Waals surface area contributed by atoms with Crippen LogP contribution in [0.5, 0.6) is 0 Å². The molecule has 0 saturated carbocycles. The molecule has 2 aliphatic rings. The van der Waals surface area contributed by atoms with E-state index in [1.807, 2.05) is 6.92 Å². The van der Waals surface area contributed by atoms with Crippen LogP contribution in [0.3, 0.4) is 0 Å². The first-order chi connectivity index (χ1) is 29.8. The molecule has 63 heavy (non-hydrogen) atoms. The van der Waals surface area contributed by atoms with Gasteiger partial charge < -0.3 is 52.1 Å². The molecule has 2 aliphatic heterocycles. The number of primary amides is 1. The molecule has 0 aliphatic carbocycles. The highest BCUT2D eigenvalue weighted by atomic mass is 19.3. The van der Waals surface area contributed by atoms with Crippen LogP contribution < -0.4 is 38.4 Å². The van der Waals surface area contributed by atoms with Gasteiger partial charge in [-0.1, -0.05) is 39.3 Å². The average molecular weight is 892 g/mol. The number of rotatable bonds is 22. The van der Waals surface area contributed by atoms with Gasteiger partial charge in [0.05, 0.1) is 0 Å². The molecule has 1 aromatic carbocycles. The normalized spacial score (nSPS) is 20.2. The van der Waals surface area contributed by atoms with Gasteiger partial charge in [0, 0.05) is 43.7 Å². The average Bonchev–Trinajstić information content (AvgIpc) is 3.63. The van der Waals surface area contributed by atoms with Crippen molar-refractivity contribution in [2.75, 3.05) is 30.7 Å². The van der Waals surface area contributed by atoms with Crippen molar-refractivity contribution in [3.05, 3.63) is 52.6 Å². The van der Waals surface area contributed by atoms with Crippen molar-refractivity contribution in [3.8, 4) is 0 Å². The number of nitrogens with zero attached hydrogens (tertiary/aromatic N) is 3. The van der Waals surface area contributed by atoms with Crippen LogP contribution in [-0.2, 0) is 44.8 Å². The lowest BCUT2D eigenvalue weighted by molar-refractivity contribution is -0.141. The molecule has 23 heteroatoms. The van der Waals surface area contributed by atoms with Crippen LogP contribution in [0.1, 0.15) is 83.9 Å². The van der Waals surface area contributed by atoms with Gasteiger partial charge in [0.2, 0.25) is 35.8 Å². The number of carbonyl (C=O) groups excluding carboxylic acids is 7. The number of amides is 7. The third kappa shape index (κ3) is 13.9. The molecule has 3 heterocycles. The van der Waals surface area contributed by atoms with E-state index < -0.39 is 72.7 Å². The summed E-state index contributed by atoms with van der Waals surface area (Å²) in [6, 6.07) is 4.16. The first kappa shape index (κ1) is 49.4. The molecular weight excluding hydrogens is 836 g/mol. The number of hydrogen-bond acceptors (Lipinski definition) is 14. The summed E-state index contributed by atoms with van der Waals surface area (Å²) in [7, 11) is 0. The van der Waals surface area contributed by atoms with E-state index in [-0.39, 0.29) is 79.9 Å². The smallest absolute Gasteiger partial charge is 0.431 e. The number of benzene rings is 1. The number of unbranched alkanes of at least 4 members (excludes halogenated alkanes) is 2. The minimum Gasteiger partial charge on any atom is -0.431 e. The molecule has 2 aromatic rings. The number of aliphatic hydroxyl groups is 1. The quantitative estimate of drug-likeness (QED) is 0.0500. The standard InChI is InChI=1S/C40H55F2N9O12/c1-4-24-19-30(53)50(35(24)57)17-7-5-6-10-29(52)49-31(22(2)3)34(56)47-26(9-8-16-45-37(44)58)33(55)46-25-13-11-23(12-14-25)20-61-39(60)62-21-27-32(54)40(41,42)36(63-27)51-18-15-28(43)48-38(51)59/h11-15,18,22,24,26-27,31-32,36,54H,4-10,16-17,19-21H2,1-3H3,(H,46,55)(H,47,56)(H,49,52)(H2,43,48,59)(H3,44,45,58)/t24?,26-,27+,31?,32+,36+/m0/s1. The predicted octanol–water partition coefficient (Wildman–Crippen LogP) is 1.43. The van der Waals surface area contributed by atoms with Crippen molar-refractivity contribution < 1.29 is 61.7 Å². The van der Waals surface area contributed by atoms with Crippen molar-refractivity contribution in [2.24, 2.45) is 17.6 Å². The fourth-order valence-corrected chi connectivity index (χ4v) is 6.82. The van der Waals surface area contributed by atoms with Crippen LogP contribution >= 0.6 is 0 Å². The van der Waals surface area contributed by atoms with Crippen molar-refractivity contribution in [1.29, 1.82) is 0 Å². The number of carbonyl (C=O) groups is 7. The third-order valence-corrected chi connectivity index (χ3v) is 10.4. The number of aliphatic hydroxyl groups excluding tert-OH is 1. The monoisotopic (exact) mass is 891 g/mol. The number of aromatic nitrogens is 2. The third-order valence-electron chi connectivity index (χ3n) is 10.4. The second kappa shape index (κ2) is 22.7. The Morgan fingerprint density at radius 2 is 1.71 bits per heavy atom. The molecule has 0 bridgehead atoms. The number of nitrogen functional groups attached to an aromatic ring is 1. The Kier molecular flexibility index (Phi) is 17.8. The van der Waals surface area contributed by atoms with Gasteiger partial charge >= 0.3 is 23.8 Å². The second-order valence-corrected chi connectivity index (χ2v) is 15.5. The molecule has 9 N–H and O–H groups in total. The summed E-state index contributed by atoms with van der Waals surface area (Å²) >= 11 is 0. The maximum absolute atomic E-state index is 14.8. The largest absolute Gasteiger partial charge is 0.508 e. The summed E-state index contributed by atoms with van der Waals surface area (Å²) in [6.07, 6.45) is -3.96. The SMILES string of the molecule is CCC1CC(=O)N(CCCCCC(=O)NC(C(=O)N[C@@H](CCCNC(N)=O)C(=O)Nc2ccc(COC(=O)OC[C@H]3O[C@@H](n4ccc(N)nc4=O)C(F)(F)[C@@H]3O)cc2)C(C)C)C1=O. The lowest BCUT2D eigenvalue weighted by atomic mass is 10.0. The van der Waals surface area contributed by atoms with E-state index in [4.69, 9.17) is 25.7 Å². The fourth-order valence-electron chi connectivity index (χ4n) is 6.82. The van der Waals surface area contributed by atoms with Crippen molar-refractivity contribution >= 4 is 53.2 Å². The minimum atomic E-state index is -3.96. The van der Waals surface area contributed by atoms with Gasteiger partial charge in [-0.15, -0.1) is 0 Å². The van der Waals surface area contributed by atoms with Crippen LogP contribution in [0, 0.1) is 11.8 Å². The van der Waals surface area contributed by atoms with Crippen LogP contribution in [0.4, 0.5) is 29.9 Å². The maximum Gasteiger partial charge on any atom is 0.508 e. The molecule has 0 radical (unpaired) electrons. The molecule has 21 nitrogen and oxygen atoms in total. The highest BCUT2D eigenvalue weighted by molar-refractivity contribution is 6.03. The lowest BCUT2D eigenvalue weighted by Gasteiger charge is -2.25. The summed E-state index contributed by atoms with van der Waals surface area (Å²) in [6.45, 7) is 4.53. The Labute approximate surface area is 360 Å². The van der Waals surface area contributed by atoms with Crippen LogP contribution in [0.2, 0.25) is 0 Å². The van der Waals surface area contributed by atoms with Crippen molar-refractivity contribution in [1.82, 2.24) is 30.4 Å². The zero-order valence-corrected chi connectivity index (χ0v) is 35.2. The second-order valence-electron chi connectivity index (χ2n) is 15.5. The molecule has 2 unspecified atom stereocenters. The number of urea groups is 1. The summed E-state index contributed by atoms with van der Waals surface area (Å²) in [5.74, 6) is -6.78. The number of ether oxygens (including phenoxy) is 3. The molecule has 346 valence electrons. The number of likely N-dealkylation sites (tertiary alicyclic amines) is 1. The van der Waals surface area contributed by atoms with E-state index in [9.17, 15) is 52.2 Å². The number of nitrogens with two attached hydrogens (primary N) is 2. The molecule has 6 atom stereocenters. The Hall–Kier alpha value is -6.23. The van der Waals surface area contributed by atoms with E-state index in [0.29, 0.717) is 42.4 Å². The highest BCUT2D eigenvalue weighted by Crippen LogP contribution is 2.42. The van der Waals surface area contributed by atoms with Gasteiger partial charge in [-0.2, -0.15) is 13.8 Å². The lowest BCUT2D eigenvalue weighted by Crippen LogP contribution is -2.54. The number of alkyl halides is 2. The number of nitrogens with one attached hydrogen (secondary N) is 4. The van der Waals surface area contributed by atoms with Crippen molar-refractivity contribution in [2.45, 2.75) is 115 Å². The topological polar surface area (TPSA) is 306 Å². The molecule has 7 amide bonds. The zero-order valence-electron chi connectivity index (χ0n) is 35.2. The Bertz CT molecular complexity index is 2020. The summed E-state index contributed by atoms with van der Waals surface area (Å²) in [5, 5.41) is 20.7. The van der Waals surface area contributed by atoms with Gasteiger partial charge in [-0.3, -0.25) is 33.4 Å². The van der Waals surface area contributed by atoms with E-state index in [2.05, 4.69) is 26.3 Å². The van der Waals surface area contributed by atoms with E-state index in [1.165, 1.54) is 29.2 Å². The molecule has 1 aromatic heterocycles. The summed E-state index contributed by atoms with van der Waals surface area (Å²) in [4.78, 5) is 105. The Morgan fingerprint density at radius 1 is 1.00 bits per heavy atom. The van der Waals surface area contributed by atoms with Gasteiger partial charge in [0.25, 0.3) is 0 Å². The number of anilines is 2. The summed E-state index contributed by atoms with van der Waals surface area (Å²) < 4.78 is 45.1. The first-order valence-corrected chi connectivity index (χ1v) is 20.5. The number of hydrogen-bond donors (Lipinski definition) is 7. The minimum absolute atomic E-state index is 0.0734. The molecule has 2 saturated heterocycles. The molecular formula is C40H55F2N9O12. The maximum atomic E-state index is 14.8. The van der Waals surface area contributed by atoms with Gasteiger partial charge in [0.15, 0.2) is 6.10 Å². The van der Waals surface area contributed by atoms with E-state index >= 15 is 0 Å². The van der Waals surface area contributed by atoms with E-state index in [1.54, 1.807) is 13.8 Å². The first-order valence-electron chi connectivity index (χ1n) is 20.5. The summed E-state index contributed by atoms with van der Waals surface area (Å²) in [5.41, 5.74) is 10.1. The number of halogens is 2. The van der Waals surface area contributed by atoms with Gasteiger partial charge in [-0.25, -0.2) is 14.4 Å². The van der Waals surface area contributed by atoms with Crippen LogP contribution in [-0.4, -0.2) is 111 Å². The van der Waals surface area contributed by atoms with E-state index in [0.717, 1.165) is 12.3 Å². The Balaban J connectivity index is 1.25.